The molecule has 0 atom stereocenters. The molecule has 0 aliphatic rings. The molecule has 20 heavy (non-hydrogen) atoms. The fourth-order valence-electron chi connectivity index (χ4n) is 2.10. The van der Waals surface area contributed by atoms with Crippen LogP contribution in [0.3, 0.4) is 0 Å². The first-order chi connectivity index (χ1) is 9.63. The van der Waals surface area contributed by atoms with Crippen LogP contribution in [-0.2, 0) is 0 Å². The second kappa shape index (κ2) is 4.70. The molecule has 0 unspecified atom stereocenters. The van der Waals surface area contributed by atoms with Gasteiger partial charge in [0, 0.05) is 28.5 Å². The van der Waals surface area contributed by atoms with Crippen LogP contribution < -0.4 is 11.1 Å². The number of nitrogens with one attached hydrogen (secondary N) is 2. The second-order valence-corrected chi connectivity index (χ2v) is 4.47. The quantitative estimate of drug-likeness (QED) is 0.625. The summed E-state index contributed by atoms with van der Waals surface area (Å²) in [4.78, 5) is 15.2. The first-order valence-electron chi connectivity index (χ1n) is 6.07. The van der Waals surface area contributed by atoms with E-state index in [0.29, 0.717) is 16.9 Å². The van der Waals surface area contributed by atoms with Gasteiger partial charge in [0.25, 0.3) is 5.91 Å². The number of carbonyl (C=O) groups is 1. The Balaban J connectivity index is 1.93. The van der Waals surface area contributed by atoms with Crippen molar-refractivity contribution in [3.63, 3.8) is 0 Å². The van der Waals surface area contributed by atoms with Gasteiger partial charge in [-0.3, -0.25) is 4.79 Å². The Hall–Kier alpha value is -2.82. The molecule has 1 aromatic heterocycles. The zero-order valence-corrected chi connectivity index (χ0v) is 10.5. The second-order valence-electron chi connectivity index (χ2n) is 4.47. The molecule has 0 spiro atoms. The van der Waals surface area contributed by atoms with E-state index in [0.717, 1.165) is 10.9 Å². The van der Waals surface area contributed by atoms with Crippen molar-refractivity contribution in [1.29, 1.82) is 0 Å². The normalized spacial score (nSPS) is 10.7. The SMILES string of the molecule is Nc1ccc2c(C(=O)Nc3cccc(F)c3)c[nH]c2c1. The molecule has 1 heterocycles. The Morgan fingerprint density at radius 2 is 2.05 bits per heavy atom. The maximum absolute atomic E-state index is 13.1. The van der Waals surface area contributed by atoms with Crippen LogP contribution >= 0.6 is 0 Å². The lowest BCUT2D eigenvalue weighted by Gasteiger charge is -2.04. The van der Waals surface area contributed by atoms with Gasteiger partial charge in [0.15, 0.2) is 0 Å². The van der Waals surface area contributed by atoms with Gasteiger partial charge < -0.3 is 16.0 Å². The molecule has 100 valence electrons. The van der Waals surface area contributed by atoms with Gasteiger partial charge in [0.2, 0.25) is 0 Å². The van der Waals surface area contributed by atoms with E-state index in [1.165, 1.54) is 12.1 Å². The molecule has 2 aromatic carbocycles. The van der Waals surface area contributed by atoms with Crippen molar-refractivity contribution in [3.05, 3.63) is 60.0 Å². The van der Waals surface area contributed by atoms with Crippen LogP contribution in [0.1, 0.15) is 10.4 Å². The summed E-state index contributed by atoms with van der Waals surface area (Å²) >= 11 is 0. The van der Waals surface area contributed by atoms with Gasteiger partial charge in [0.05, 0.1) is 5.56 Å². The lowest BCUT2D eigenvalue weighted by atomic mass is 10.1. The summed E-state index contributed by atoms with van der Waals surface area (Å²) in [5.74, 6) is -0.693. The number of fused-ring (bicyclic) bond motifs is 1. The Kier molecular flexibility index (Phi) is 2.87. The van der Waals surface area contributed by atoms with Crippen LogP contribution in [-0.4, -0.2) is 10.9 Å². The summed E-state index contributed by atoms with van der Waals surface area (Å²) in [7, 11) is 0. The first-order valence-corrected chi connectivity index (χ1v) is 6.07. The summed E-state index contributed by atoms with van der Waals surface area (Å²) in [5, 5.41) is 3.43. The molecule has 5 heteroatoms. The smallest absolute Gasteiger partial charge is 0.257 e. The highest BCUT2D eigenvalue weighted by Gasteiger charge is 2.12. The minimum atomic E-state index is -0.394. The van der Waals surface area contributed by atoms with Gasteiger partial charge in [-0.15, -0.1) is 0 Å². The maximum atomic E-state index is 13.1. The number of amides is 1. The number of aromatic nitrogens is 1. The maximum Gasteiger partial charge on any atom is 0.257 e. The largest absolute Gasteiger partial charge is 0.399 e. The van der Waals surface area contributed by atoms with E-state index in [-0.39, 0.29) is 5.91 Å². The van der Waals surface area contributed by atoms with Crippen molar-refractivity contribution in [3.8, 4) is 0 Å². The molecule has 3 rings (SSSR count). The van der Waals surface area contributed by atoms with Crippen LogP contribution in [0.5, 0.6) is 0 Å². The third kappa shape index (κ3) is 2.21. The van der Waals surface area contributed by atoms with Crippen LogP contribution in [0.2, 0.25) is 0 Å². The highest BCUT2D eigenvalue weighted by molar-refractivity contribution is 6.13. The third-order valence-electron chi connectivity index (χ3n) is 3.03. The fraction of sp³-hybridized carbons (Fsp3) is 0. The third-order valence-corrected chi connectivity index (χ3v) is 3.03. The Morgan fingerprint density at radius 3 is 2.85 bits per heavy atom. The number of rotatable bonds is 2. The van der Waals surface area contributed by atoms with Crippen LogP contribution in [0.15, 0.2) is 48.7 Å². The summed E-state index contributed by atoms with van der Waals surface area (Å²) < 4.78 is 13.1. The molecule has 0 saturated heterocycles. The predicted molar refractivity (Wildman–Crippen MR) is 77.1 cm³/mol. The molecule has 3 aromatic rings. The molecule has 0 fully saturated rings. The van der Waals surface area contributed by atoms with Crippen molar-refractivity contribution < 1.29 is 9.18 Å². The van der Waals surface area contributed by atoms with E-state index in [4.69, 9.17) is 5.73 Å². The Labute approximate surface area is 114 Å². The summed E-state index contributed by atoms with van der Waals surface area (Å²) in [6.07, 6.45) is 1.61. The van der Waals surface area contributed by atoms with Crippen molar-refractivity contribution in [1.82, 2.24) is 4.98 Å². The number of aromatic amines is 1. The van der Waals surface area contributed by atoms with E-state index in [1.807, 2.05) is 0 Å². The lowest BCUT2D eigenvalue weighted by Crippen LogP contribution is -2.11. The molecule has 4 nitrogen and oxygen atoms in total. The fourth-order valence-corrected chi connectivity index (χ4v) is 2.10. The van der Waals surface area contributed by atoms with Gasteiger partial charge >= 0.3 is 0 Å². The topological polar surface area (TPSA) is 70.9 Å². The number of anilines is 2. The predicted octanol–water partition coefficient (Wildman–Crippen LogP) is 3.14. The van der Waals surface area contributed by atoms with Crippen molar-refractivity contribution in [2.75, 3.05) is 11.1 Å². The summed E-state index contributed by atoms with van der Waals surface area (Å²) in [6, 6.07) is 11.0. The van der Waals surface area contributed by atoms with Gasteiger partial charge in [-0.2, -0.15) is 0 Å². The minimum absolute atomic E-state index is 0.299. The number of carbonyl (C=O) groups excluding carboxylic acids is 1. The number of nitrogen functional groups attached to an aromatic ring is 1. The Morgan fingerprint density at radius 1 is 1.20 bits per heavy atom. The number of hydrogen-bond donors (Lipinski definition) is 3. The molecule has 0 aliphatic carbocycles. The molecule has 1 amide bonds. The highest BCUT2D eigenvalue weighted by atomic mass is 19.1. The number of benzene rings is 2. The lowest BCUT2D eigenvalue weighted by molar-refractivity contribution is 0.102. The van der Waals surface area contributed by atoms with Crippen molar-refractivity contribution in [2.24, 2.45) is 0 Å². The number of hydrogen-bond acceptors (Lipinski definition) is 2. The average Bonchev–Trinajstić information content (AvgIpc) is 2.81. The zero-order chi connectivity index (χ0) is 14.1. The summed E-state index contributed by atoms with van der Waals surface area (Å²) in [5.41, 5.74) is 8.00. The highest BCUT2D eigenvalue weighted by Crippen LogP contribution is 2.21. The molecular formula is C15H12FN3O. The summed E-state index contributed by atoms with van der Waals surface area (Å²) in [6.45, 7) is 0. The van der Waals surface area contributed by atoms with E-state index < -0.39 is 5.82 Å². The zero-order valence-electron chi connectivity index (χ0n) is 10.5. The van der Waals surface area contributed by atoms with Crippen LogP contribution in [0.25, 0.3) is 10.9 Å². The van der Waals surface area contributed by atoms with Crippen molar-refractivity contribution >= 4 is 28.2 Å². The number of nitrogens with two attached hydrogens (primary N) is 1. The average molecular weight is 269 g/mol. The van der Waals surface area contributed by atoms with E-state index in [1.54, 1.807) is 36.5 Å². The van der Waals surface area contributed by atoms with E-state index >= 15 is 0 Å². The van der Waals surface area contributed by atoms with E-state index in [2.05, 4.69) is 10.3 Å². The van der Waals surface area contributed by atoms with E-state index in [9.17, 15) is 9.18 Å². The van der Waals surface area contributed by atoms with Gasteiger partial charge in [0.1, 0.15) is 5.82 Å². The van der Waals surface area contributed by atoms with Gasteiger partial charge in [-0.05, 0) is 36.4 Å². The molecule has 0 aliphatic heterocycles. The monoisotopic (exact) mass is 269 g/mol. The van der Waals surface area contributed by atoms with Crippen molar-refractivity contribution in [2.45, 2.75) is 0 Å². The number of H-pyrrole nitrogens is 1. The molecular weight excluding hydrogens is 257 g/mol. The van der Waals surface area contributed by atoms with Gasteiger partial charge in [-0.1, -0.05) is 6.07 Å². The number of halogens is 1. The molecule has 0 radical (unpaired) electrons. The molecule has 0 bridgehead atoms. The molecule has 0 saturated carbocycles. The van der Waals surface area contributed by atoms with Crippen LogP contribution in [0.4, 0.5) is 15.8 Å². The molecule has 4 N–H and O–H groups in total. The first kappa shape index (κ1) is 12.2. The van der Waals surface area contributed by atoms with Gasteiger partial charge in [-0.25, -0.2) is 4.39 Å². The Bertz CT molecular complexity index is 795. The van der Waals surface area contributed by atoms with Crippen LogP contribution in [0, 0.1) is 5.82 Å². The standard InChI is InChI=1S/C15H12FN3O/c16-9-2-1-3-11(6-9)19-15(20)13-8-18-14-7-10(17)4-5-12(13)14/h1-8,18H,17H2,(H,19,20). The minimum Gasteiger partial charge on any atom is -0.399 e.